The summed E-state index contributed by atoms with van der Waals surface area (Å²) in [5, 5.41) is 8.76. The van der Waals surface area contributed by atoms with Crippen molar-refractivity contribution in [1.82, 2.24) is 14.3 Å². The summed E-state index contributed by atoms with van der Waals surface area (Å²) in [6.45, 7) is 0.828. The zero-order valence-electron chi connectivity index (χ0n) is 15.2. The summed E-state index contributed by atoms with van der Waals surface area (Å²) in [4.78, 5) is 4.17. The van der Waals surface area contributed by atoms with Crippen LogP contribution >= 0.6 is 0 Å². The molecule has 0 unspecified atom stereocenters. The van der Waals surface area contributed by atoms with Crippen molar-refractivity contribution in [2.45, 2.75) is 17.7 Å². The van der Waals surface area contributed by atoms with Gasteiger partial charge in [-0.3, -0.25) is 0 Å². The van der Waals surface area contributed by atoms with E-state index in [1.807, 2.05) is 41.1 Å². The van der Waals surface area contributed by atoms with Gasteiger partial charge in [0.1, 0.15) is 5.75 Å². The molecule has 28 heavy (non-hydrogen) atoms. The molecule has 0 fully saturated rings. The second-order valence-corrected chi connectivity index (χ2v) is 7.82. The third kappa shape index (κ3) is 5.19. The molecule has 0 aliphatic heterocycles. The molecule has 3 aromatic rings. The van der Waals surface area contributed by atoms with Gasteiger partial charge in [-0.15, -0.1) is 0 Å². The minimum atomic E-state index is -3.56. The van der Waals surface area contributed by atoms with Crippen LogP contribution in [0.25, 0.3) is 5.69 Å². The lowest BCUT2D eigenvalue weighted by molar-refractivity contribution is 0.307. The first-order valence-electron chi connectivity index (χ1n) is 8.79. The fraction of sp³-hybridized carbons (Fsp3) is 0.200. The first-order valence-corrected chi connectivity index (χ1v) is 10.3. The maximum atomic E-state index is 12.2. The molecule has 8 heteroatoms. The van der Waals surface area contributed by atoms with Crippen molar-refractivity contribution in [3.05, 3.63) is 72.8 Å². The SMILES string of the molecule is N#Cc1ccc(S(=O)(=O)NCCCCOc2ccc(-n3ccnc3)cc2)cc1. The van der Waals surface area contributed by atoms with Crippen LogP contribution in [0.1, 0.15) is 18.4 Å². The molecule has 0 atom stereocenters. The average molecular weight is 396 g/mol. The van der Waals surface area contributed by atoms with Crippen molar-refractivity contribution in [1.29, 1.82) is 5.26 Å². The van der Waals surface area contributed by atoms with E-state index in [-0.39, 0.29) is 4.90 Å². The standard InChI is InChI=1S/C20H20N4O3S/c21-15-17-3-9-20(10-4-17)28(25,26)23-11-1-2-14-27-19-7-5-18(6-8-19)24-13-12-22-16-24/h3-10,12-13,16,23H,1-2,11,14H2. The summed E-state index contributed by atoms with van der Waals surface area (Å²) in [6, 6.07) is 15.5. The third-order valence-electron chi connectivity index (χ3n) is 4.06. The molecule has 0 saturated carbocycles. The zero-order chi connectivity index (χ0) is 19.8. The van der Waals surface area contributed by atoms with E-state index < -0.39 is 10.0 Å². The normalized spacial score (nSPS) is 11.1. The number of unbranched alkanes of at least 4 members (excludes halogenated alkanes) is 1. The molecule has 0 aliphatic carbocycles. The molecule has 0 aliphatic rings. The van der Waals surface area contributed by atoms with Crippen molar-refractivity contribution in [2.24, 2.45) is 0 Å². The summed E-state index contributed by atoms with van der Waals surface area (Å²) in [5.74, 6) is 0.766. The smallest absolute Gasteiger partial charge is 0.240 e. The number of nitriles is 1. The molecule has 2 aromatic carbocycles. The highest BCUT2D eigenvalue weighted by molar-refractivity contribution is 7.89. The molecule has 3 rings (SSSR count). The molecule has 1 aromatic heterocycles. The van der Waals surface area contributed by atoms with E-state index in [9.17, 15) is 8.42 Å². The minimum Gasteiger partial charge on any atom is -0.494 e. The Morgan fingerprint density at radius 1 is 1.07 bits per heavy atom. The Balaban J connectivity index is 1.38. The monoisotopic (exact) mass is 396 g/mol. The summed E-state index contributed by atoms with van der Waals surface area (Å²) < 4.78 is 34.5. The number of hydrogen-bond acceptors (Lipinski definition) is 5. The molecule has 1 heterocycles. The van der Waals surface area contributed by atoms with E-state index in [1.165, 1.54) is 24.3 Å². The van der Waals surface area contributed by atoms with E-state index >= 15 is 0 Å². The van der Waals surface area contributed by atoms with Crippen molar-refractivity contribution in [3.8, 4) is 17.5 Å². The van der Waals surface area contributed by atoms with E-state index in [0.29, 0.717) is 25.1 Å². The lowest BCUT2D eigenvalue weighted by Gasteiger charge is -2.09. The van der Waals surface area contributed by atoms with Crippen LogP contribution in [0.3, 0.4) is 0 Å². The fourth-order valence-electron chi connectivity index (χ4n) is 2.54. The van der Waals surface area contributed by atoms with Crippen molar-refractivity contribution >= 4 is 10.0 Å². The van der Waals surface area contributed by atoms with Gasteiger partial charge in [-0.1, -0.05) is 0 Å². The highest BCUT2D eigenvalue weighted by Crippen LogP contribution is 2.15. The topological polar surface area (TPSA) is 97.0 Å². The zero-order valence-corrected chi connectivity index (χ0v) is 16.0. The van der Waals surface area contributed by atoms with Crippen LogP contribution in [0.4, 0.5) is 0 Å². The molecule has 0 spiro atoms. The van der Waals surface area contributed by atoms with Gasteiger partial charge >= 0.3 is 0 Å². The van der Waals surface area contributed by atoms with Crippen LogP contribution in [0.2, 0.25) is 0 Å². The van der Waals surface area contributed by atoms with E-state index in [2.05, 4.69) is 9.71 Å². The molecule has 0 radical (unpaired) electrons. The number of sulfonamides is 1. The summed E-state index contributed by atoms with van der Waals surface area (Å²) in [7, 11) is -3.56. The Bertz CT molecular complexity index is 1020. The first-order chi connectivity index (χ1) is 13.6. The lowest BCUT2D eigenvalue weighted by atomic mass is 10.2. The van der Waals surface area contributed by atoms with Crippen LogP contribution in [0, 0.1) is 11.3 Å². The highest BCUT2D eigenvalue weighted by Gasteiger charge is 2.12. The lowest BCUT2D eigenvalue weighted by Crippen LogP contribution is -2.25. The molecule has 0 bridgehead atoms. The van der Waals surface area contributed by atoms with Gasteiger partial charge < -0.3 is 9.30 Å². The highest BCUT2D eigenvalue weighted by atomic mass is 32.2. The van der Waals surface area contributed by atoms with Crippen LogP contribution < -0.4 is 9.46 Å². The number of benzene rings is 2. The Morgan fingerprint density at radius 2 is 1.82 bits per heavy atom. The van der Waals surface area contributed by atoms with Gasteiger partial charge in [0.25, 0.3) is 0 Å². The van der Waals surface area contributed by atoms with Crippen LogP contribution in [-0.4, -0.2) is 31.1 Å². The fourth-order valence-corrected chi connectivity index (χ4v) is 3.62. The maximum Gasteiger partial charge on any atom is 0.240 e. The number of rotatable bonds is 9. The molecule has 1 N–H and O–H groups in total. The summed E-state index contributed by atoms with van der Waals surface area (Å²) >= 11 is 0. The summed E-state index contributed by atoms with van der Waals surface area (Å²) in [6.07, 6.45) is 6.70. The average Bonchev–Trinajstić information content (AvgIpc) is 3.26. The number of ether oxygens (including phenoxy) is 1. The van der Waals surface area contributed by atoms with Crippen molar-refractivity contribution < 1.29 is 13.2 Å². The maximum absolute atomic E-state index is 12.2. The number of nitrogens with zero attached hydrogens (tertiary/aromatic N) is 3. The minimum absolute atomic E-state index is 0.153. The van der Waals surface area contributed by atoms with Crippen LogP contribution in [0.5, 0.6) is 5.75 Å². The van der Waals surface area contributed by atoms with E-state index in [0.717, 1.165) is 17.9 Å². The van der Waals surface area contributed by atoms with Crippen LogP contribution in [-0.2, 0) is 10.0 Å². The van der Waals surface area contributed by atoms with Gasteiger partial charge in [-0.25, -0.2) is 18.1 Å². The van der Waals surface area contributed by atoms with Gasteiger partial charge in [0, 0.05) is 24.6 Å². The van der Waals surface area contributed by atoms with Gasteiger partial charge in [0.05, 0.1) is 29.5 Å². The van der Waals surface area contributed by atoms with Gasteiger partial charge in [0.2, 0.25) is 10.0 Å². The Kier molecular flexibility index (Phi) is 6.42. The quantitative estimate of drug-likeness (QED) is 0.561. The molecule has 7 nitrogen and oxygen atoms in total. The predicted octanol–water partition coefficient (Wildman–Crippen LogP) is 2.88. The molecule has 0 saturated heterocycles. The van der Waals surface area contributed by atoms with Crippen molar-refractivity contribution in [3.63, 3.8) is 0 Å². The van der Waals surface area contributed by atoms with Gasteiger partial charge in [-0.05, 0) is 61.4 Å². The first kappa shape index (κ1) is 19.6. The number of hydrogen-bond donors (Lipinski definition) is 1. The largest absolute Gasteiger partial charge is 0.494 e. The van der Waals surface area contributed by atoms with Gasteiger partial charge in [0.15, 0.2) is 0 Å². The Hall–Kier alpha value is -3.15. The molecule has 144 valence electrons. The number of imidazole rings is 1. The van der Waals surface area contributed by atoms with E-state index in [4.69, 9.17) is 10.00 Å². The number of aromatic nitrogens is 2. The molecule has 0 amide bonds. The molecular formula is C20H20N4O3S. The summed E-state index contributed by atoms with van der Waals surface area (Å²) in [5.41, 5.74) is 1.43. The van der Waals surface area contributed by atoms with Gasteiger partial charge in [-0.2, -0.15) is 5.26 Å². The molecular weight excluding hydrogens is 376 g/mol. The van der Waals surface area contributed by atoms with E-state index in [1.54, 1.807) is 12.5 Å². The predicted molar refractivity (Wildman–Crippen MR) is 105 cm³/mol. The number of nitrogens with one attached hydrogen (secondary N) is 1. The van der Waals surface area contributed by atoms with Crippen molar-refractivity contribution in [2.75, 3.05) is 13.2 Å². The Labute approximate surface area is 164 Å². The third-order valence-corrected chi connectivity index (χ3v) is 5.54. The second-order valence-electron chi connectivity index (χ2n) is 6.05. The van der Waals surface area contributed by atoms with Crippen LogP contribution in [0.15, 0.2) is 72.1 Å². The second kappa shape index (κ2) is 9.17. The Morgan fingerprint density at radius 3 is 2.46 bits per heavy atom.